The number of hydrogen-bond donors (Lipinski definition) is 3. The minimum atomic E-state index is -0.921. The van der Waals surface area contributed by atoms with Gasteiger partial charge in [-0.1, -0.05) is 50.1 Å². The van der Waals surface area contributed by atoms with Gasteiger partial charge in [-0.25, -0.2) is 0 Å². The average molecular weight is 292 g/mol. The van der Waals surface area contributed by atoms with E-state index in [1.54, 1.807) is 0 Å². The van der Waals surface area contributed by atoms with Crippen LogP contribution in [0.2, 0.25) is 0 Å². The molecule has 0 saturated carbocycles. The molecule has 3 N–H and O–H groups in total. The Labute approximate surface area is 125 Å². The summed E-state index contributed by atoms with van der Waals surface area (Å²) in [6, 6.07) is 7.21. The van der Waals surface area contributed by atoms with Crippen LogP contribution in [0.5, 0.6) is 0 Å². The molecule has 116 valence electrons. The molecular weight excluding hydrogens is 268 g/mol. The van der Waals surface area contributed by atoms with Gasteiger partial charge in [0.15, 0.2) is 0 Å². The topological polar surface area (TPSA) is 78.4 Å². The van der Waals surface area contributed by atoms with Crippen LogP contribution in [-0.2, 0) is 16.1 Å². The molecule has 2 atom stereocenters. The fourth-order valence-electron chi connectivity index (χ4n) is 1.94. The lowest BCUT2D eigenvalue weighted by Gasteiger charge is -2.19. The van der Waals surface area contributed by atoms with Crippen LogP contribution in [0.1, 0.15) is 31.4 Å². The summed E-state index contributed by atoms with van der Waals surface area (Å²) in [5.41, 5.74) is 2.19. The molecule has 0 aromatic heterocycles. The molecule has 0 radical (unpaired) electrons. The third-order valence-corrected chi connectivity index (χ3v) is 3.57. The van der Waals surface area contributed by atoms with E-state index in [9.17, 15) is 9.59 Å². The SMILES string of the molecule is CC[C@H](C)[C@H](NCC(=O)NCc1ccc(C)cc1)C(=O)O. The van der Waals surface area contributed by atoms with Crippen molar-refractivity contribution in [2.24, 2.45) is 5.92 Å². The van der Waals surface area contributed by atoms with Gasteiger partial charge in [-0.05, 0) is 18.4 Å². The number of aryl methyl sites for hydroxylation is 1. The molecule has 0 unspecified atom stereocenters. The first-order chi connectivity index (χ1) is 9.93. The number of aliphatic carboxylic acids is 1. The molecule has 1 aromatic carbocycles. The molecule has 0 aliphatic rings. The smallest absolute Gasteiger partial charge is 0.320 e. The Hall–Kier alpha value is -1.88. The van der Waals surface area contributed by atoms with Gasteiger partial charge >= 0.3 is 5.97 Å². The summed E-state index contributed by atoms with van der Waals surface area (Å²) in [6.07, 6.45) is 0.745. The normalized spacial score (nSPS) is 13.5. The second-order valence-corrected chi connectivity index (χ2v) is 5.34. The number of carbonyl (C=O) groups excluding carboxylic acids is 1. The van der Waals surface area contributed by atoms with Crippen molar-refractivity contribution < 1.29 is 14.7 Å². The molecule has 0 heterocycles. The van der Waals surface area contributed by atoms with Crippen LogP contribution in [0.3, 0.4) is 0 Å². The summed E-state index contributed by atoms with van der Waals surface area (Å²) in [4.78, 5) is 22.9. The Morgan fingerprint density at radius 3 is 2.38 bits per heavy atom. The van der Waals surface area contributed by atoms with E-state index in [-0.39, 0.29) is 18.4 Å². The lowest BCUT2D eigenvalue weighted by atomic mass is 9.99. The Morgan fingerprint density at radius 1 is 1.24 bits per heavy atom. The van der Waals surface area contributed by atoms with Crippen molar-refractivity contribution in [2.75, 3.05) is 6.54 Å². The fraction of sp³-hybridized carbons (Fsp3) is 0.500. The van der Waals surface area contributed by atoms with Crippen molar-refractivity contribution in [1.29, 1.82) is 0 Å². The van der Waals surface area contributed by atoms with Crippen LogP contribution in [-0.4, -0.2) is 29.6 Å². The molecular formula is C16H24N2O3. The van der Waals surface area contributed by atoms with Gasteiger partial charge in [0.1, 0.15) is 6.04 Å². The number of carboxylic acid groups (broad SMARTS) is 1. The van der Waals surface area contributed by atoms with E-state index >= 15 is 0 Å². The number of hydrogen-bond acceptors (Lipinski definition) is 3. The first kappa shape index (κ1) is 17.2. The zero-order valence-corrected chi connectivity index (χ0v) is 12.8. The summed E-state index contributed by atoms with van der Waals surface area (Å²) in [6.45, 7) is 6.25. The van der Waals surface area contributed by atoms with E-state index in [4.69, 9.17) is 5.11 Å². The van der Waals surface area contributed by atoms with Crippen LogP contribution in [0.25, 0.3) is 0 Å². The zero-order valence-electron chi connectivity index (χ0n) is 12.8. The van der Waals surface area contributed by atoms with Crippen molar-refractivity contribution >= 4 is 11.9 Å². The largest absolute Gasteiger partial charge is 0.480 e. The lowest BCUT2D eigenvalue weighted by molar-refractivity contribution is -0.140. The molecule has 0 aliphatic carbocycles. The first-order valence-corrected chi connectivity index (χ1v) is 7.22. The molecule has 5 nitrogen and oxygen atoms in total. The van der Waals surface area contributed by atoms with Gasteiger partial charge in [0.2, 0.25) is 5.91 Å². The van der Waals surface area contributed by atoms with E-state index in [1.165, 1.54) is 5.56 Å². The highest BCUT2D eigenvalue weighted by molar-refractivity contribution is 5.80. The monoisotopic (exact) mass is 292 g/mol. The molecule has 1 aromatic rings. The van der Waals surface area contributed by atoms with E-state index < -0.39 is 12.0 Å². The van der Waals surface area contributed by atoms with Crippen molar-refractivity contribution in [1.82, 2.24) is 10.6 Å². The standard InChI is InChI=1S/C16H24N2O3/c1-4-12(3)15(16(20)21)18-10-14(19)17-9-13-7-5-11(2)6-8-13/h5-8,12,15,18H,4,9-10H2,1-3H3,(H,17,19)(H,20,21)/t12-,15-/m0/s1. The Morgan fingerprint density at radius 2 is 1.86 bits per heavy atom. The van der Waals surface area contributed by atoms with Crippen LogP contribution < -0.4 is 10.6 Å². The van der Waals surface area contributed by atoms with E-state index in [1.807, 2.05) is 45.0 Å². The van der Waals surface area contributed by atoms with Crippen LogP contribution >= 0.6 is 0 Å². The highest BCUT2D eigenvalue weighted by atomic mass is 16.4. The van der Waals surface area contributed by atoms with Crippen LogP contribution in [0.4, 0.5) is 0 Å². The molecule has 0 spiro atoms. The summed E-state index contributed by atoms with van der Waals surface area (Å²) in [5.74, 6) is -1.15. The van der Waals surface area contributed by atoms with Crippen molar-refractivity contribution in [3.8, 4) is 0 Å². The number of benzene rings is 1. The first-order valence-electron chi connectivity index (χ1n) is 7.22. The number of rotatable bonds is 8. The predicted octanol–water partition coefficient (Wildman–Crippen LogP) is 1.70. The molecule has 0 bridgehead atoms. The Kier molecular flexibility index (Phi) is 6.88. The van der Waals surface area contributed by atoms with Gasteiger partial charge in [-0.2, -0.15) is 0 Å². The Balaban J connectivity index is 2.39. The molecule has 1 amide bonds. The zero-order chi connectivity index (χ0) is 15.8. The highest BCUT2D eigenvalue weighted by Gasteiger charge is 2.23. The molecule has 0 aliphatic heterocycles. The maximum Gasteiger partial charge on any atom is 0.320 e. The molecule has 21 heavy (non-hydrogen) atoms. The molecule has 1 rings (SSSR count). The molecule has 5 heteroatoms. The summed E-state index contributed by atoms with van der Waals surface area (Å²) in [7, 11) is 0. The maximum atomic E-state index is 11.8. The van der Waals surface area contributed by atoms with Gasteiger partial charge < -0.3 is 10.4 Å². The van der Waals surface area contributed by atoms with E-state index in [0.29, 0.717) is 6.54 Å². The van der Waals surface area contributed by atoms with E-state index in [0.717, 1.165) is 12.0 Å². The number of carbonyl (C=O) groups is 2. The molecule has 0 saturated heterocycles. The quantitative estimate of drug-likeness (QED) is 0.681. The van der Waals surface area contributed by atoms with E-state index in [2.05, 4.69) is 10.6 Å². The lowest BCUT2D eigenvalue weighted by Crippen LogP contribution is -2.46. The summed E-state index contributed by atoms with van der Waals surface area (Å²) < 4.78 is 0. The van der Waals surface area contributed by atoms with Gasteiger partial charge in [-0.15, -0.1) is 0 Å². The Bertz CT molecular complexity index is 471. The van der Waals surface area contributed by atoms with Gasteiger partial charge in [0, 0.05) is 6.54 Å². The highest BCUT2D eigenvalue weighted by Crippen LogP contribution is 2.07. The van der Waals surface area contributed by atoms with Crippen molar-refractivity contribution in [3.05, 3.63) is 35.4 Å². The minimum absolute atomic E-state index is 0.00711. The number of amides is 1. The number of carboxylic acids is 1. The van der Waals surface area contributed by atoms with Crippen LogP contribution in [0.15, 0.2) is 24.3 Å². The third kappa shape index (κ3) is 5.95. The van der Waals surface area contributed by atoms with Crippen molar-refractivity contribution in [3.63, 3.8) is 0 Å². The van der Waals surface area contributed by atoms with Gasteiger partial charge in [0.05, 0.1) is 6.54 Å². The number of nitrogens with one attached hydrogen (secondary N) is 2. The van der Waals surface area contributed by atoms with Gasteiger partial charge in [0.25, 0.3) is 0 Å². The third-order valence-electron chi connectivity index (χ3n) is 3.57. The fourth-order valence-corrected chi connectivity index (χ4v) is 1.94. The average Bonchev–Trinajstić information content (AvgIpc) is 2.46. The minimum Gasteiger partial charge on any atom is -0.480 e. The van der Waals surface area contributed by atoms with Crippen LogP contribution in [0, 0.1) is 12.8 Å². The molecule has 0 fully saturated rings. The predicted molar refractivity (Wildman–Crippen MR) is 81.9 cm³/mol. The second-order valence-electron chi connectivity index (χ2n) is 5.34. The van der Waals surface area contributed by atoms with Crippen molar-refractivity contribution in [2.45, 2.75) is 39.8 Å². The second kappa shape index (κ2) is 8.42. The maximum absolute atomic E-state index is 11.8. The summed E-state index contributed by atoms with van der Waals surface area (Å²) >= 11 is 0. The summed E-state index contributed by atoms with van der Waals surface area (Å²) in [5, 5.41) is 14.7. The van der Waals surface area contributed by atoms with Gasteiger partial charge in [-0.3, -0.25) is 14.9 Å².